The Kier molecular flexibility index (Phi) is 9.70. The number of rotatable bonds is 11. The molecule has 1 aromatic carbocycles. The van der Waals surface area contributed by atoms with E-state index in [-0.39, 0.29) is 5.75 Å². The van der Waals surface area contributed by atoms with Crippen LogP contribution in [0.25, 0.3) is 0 Å². The van der Waals surface area contributed by atoms with Crippen molar-refractivity contribution < 1.29 is 46.9 Å². The summed E-state index contributed by atoms with van der Waals surface area (Å²) in [6.45, 7) is 3.07. The van der Waals surface area contributed by atoms with Gasteiger partial charge in [-0.3, -0.25) is 23.7 Å². The van der Waals surface area contributed by atoms with Gasteiger partial charge in [-0.2, -0.15) is 5.09 Å². The van der Waals surface area contributed by atoms with Crippen molar-refractivity contribution in [3.05, 3.63) is 62.4 Å². The van der Waals surface area contributed by atoms with Gasteiger partial charge in [0.15, 0.2) is 11.8 Å². The maximum Gasteiger partial charge on any atom is 0.459 e. The molecule has 2 heterocycles. The van der Waals surface area contributed by atoms with Crippen LogP contribution in [0.4, 0.5) is 8.78 Å². The lowest BCUT2D eigenvalue weighted by atomic mass is 9.96. The Morgan fingerprint density at radius 1 is 1.26 bits per heavy atom. The first-order valence-corrected chi connectivity index (χ1v) is 13.4. The lowest BCUT2D eigenvalue weighted by Crippen LogP contribution is -2.53. The number of aliphatic hydroxyl groups excluding tert-OH is 2. The molecular weight excluding hydrogens is 571 g/mol. The number of hydrogen-bond donors (Lipinski definition) is 4. The van der Waals surface area contributed by atoms with Crippen molar-refractivity contribution >= 4 is 25.3 Å². The zero-order chi connectivity index (χ0) is 29.1. The molecule has 1 aliphatic heterocycles. The minimum absolute atomic E-state index is 0.0240. The highest BCUT2D eigenvalue weighted by atomic mass is 35.5. The highest BCUT2D eigenvalue weighted by Crippen LogP contribution is 2.49. The largest absolute Gasteiger partial charge is 0.462 e. The van der Waals surface area contributed by atoms with Gasteiger partial charge in [-0.15, -0.1) is 0 Å². The molecule has 17 heteroatoms. The Bertz CT molecular complexity index is 1330. The van der Waals surface area contributed by atoms with Gasteiger partial charge in [0.25, 0.3) is 12.0 Å². The maximum atomic E-state index is 14.4. The van der Waals surface area contributed by atoms with Crippen LogP contribution in [-0.2, 0) is 23.4 Å². The predicted octanol–water partition coefficient (Wildman–Crippen LogP) is 1.58. The minimum Gasteiger partial charge on any atom is -0.462 e. The van der Waals surface area contributed by atoms with Crippen LogP contribution in [0.15, 0.2) is 46.1 Å². The number of para-hydroxylation sites is 1. The van der Waals surface area contributed by atoms with E-state index in [2.05, 4.69) is 5.09 Å². The van der Waals surface area contributed by atoms with Crippen LogP contribution in [0.3, 0.4) is 0 Å². The van der Waals surface area contributed by atoms with E-state index in [1.807, 2.05) is 4.98 Å². The molecule has 0 spiro atoms. The van der Waals surface area contributed by atoms with Gasteiger partial charge in [-0.1, -0.05) is 29.8 Å². The molecule has 0 bridgehead atoms. The molecular formula is C22H27ClF2N3O10P. The number of nitrogens with zero attached hydrogens (tertiary/aromatic N) is 1. The molecule has 216 valence electrons. The van der Waals surface area contributed by atoms with Crippen LogP contribution in [0.5, 0.6) is 5.75 Å². The third-order valence-corrected chi connectivity index (χ3v) is 7.40. The van der Waals surface area contributed by atoms with E-state index in [1.54, 1.807) is 19.9 Å². The monoisotopic (exact) mass is 597 g/mol. The summed E-state index contributed by atoms with van der Waals surface area (Å²) in [5.41, 5.74) is -5.21. The number of carbonyl (C=O) groups is 1. The summed E-state index contributed by atoms with van der Waals surface area (Å²) < 4.78 is 63.9. The number of halogens is 3. The van der Waals surface area contributed by atoms with Gasteiger partial charge in [0.05, 0.1) is 12.7 Å². The SMILES string of the molecule is CC(C)OC(=O)[C@H](C)NP(=O)(OC[C@@]1(C(F)F)O[C@@H](n2cc(Cl)c(=O)[nH]c2=O)[C@@H](O)[C@@H]1O)Oc1ccccc1. The summed E-state index contributed by atoms with van der Waals surface area (Å²) in [6, 6.07) is 6.12. The maximum absolute atomic E-state index is 14.4. The average molecular weight is 598 g/mol. The zero-order valence-corrected chi connectivity index (χ0v) is 22.5. The van der Waals surface area contributed by atoms with Crippen LogP contribution in [0.1, 0.15) is 27.0 Å². The smallest absolute Gasteiger partial charge is 0.459 e. The fraction of sp³-hybridized carbons (Fsp3) is 0.500. The quantitative estimate of drug-likeness (QED) is 0.218. The first-order valence-electron chi connectivity index (χ1n) is 11.5. The highest BCUT2D eigenvalue weighted by Gasteiger charge is 2.61. The zero-order valence-electron chi connectivity index (χ0n) is 20.8. The summed E-state index contributed by atoms with van der Waals surface area (Å²) in [7, 11) is -4.69. The normalized spacial score (nSPS) is 25.4. The minimum atomic E-state index is -4.69. The van der Waals surface area contributed by atoms with Gasteiger partial charge >= 0.3 is 19.4 Å². The van der Waals surface area contributed by atoms with Crippen LogP contribution in [0.2, 0.25) is 5.02 Å². The summed E-state index contributed by atoms with van der Waals surface area (Å²) in [6.07, 6.45) is -9.86. The van der Waals surface area contributed by atoms with Gasteiger partial charge in [0.2, 0.25) is 0 Å². The first kappa shape index (κ1) is 30.9. The number of ether oxygens (including phenoxy) is 2. The molecule has 1 saturated heterocycles. The van der Waals surface area contributed by atoms with Crippen molar-refractivity contribution in [2.45, 2.75) is 63.4 Å². The summed E-state index contributed by atoms with van der Waals surface area (Å²) >= 11 is 5.71. The van der Waals surface area contributed by atoms with Gasteiger partial charge in [0, 0.05) is 6.20 Å². The van der Waals surface area contributed by atoms with Gasteiger partial charge in [-0.05, 0) is 32.9 Å². The second kappa shape index (κ2) is 12.3. The molecule has 1 aliphatic rings. The topological polar surface area (TPSA) is 178 Å². The summed E-state index contributed by atoms with van der Waals surface area (Å²) in [4.78, 5) is 37.9. The number of nitrogens with one attached hydrogen (secondary N) is 2. The number of benzene rings is 1. The molecule has 1 unspecified atom stereocenters. The number of carbonyl (C=O) groups excluding carboxylic acids is 1. The number of H-pyrrole nitrogens is 1. The Hall–Kier alpha value is -2.65. The predicted molar refractivity (Wildman–Crippen MR) is 132 cm³/mol. The van der Waals surface area contributed by atoms with E-state index in [4.69, 9.17) is 30.1 Å². The standard InChI is InChI=1S/C22H27ClF2N3O10P/c1-11(2)36-19(32)12(3)27-39(34,38-13-7-5-4-6-8-13)35-10-22(20(24)25)16(30)15(29)18(37-22)28-9-14(23)17(31)26-21(28)33/h4-9,11-12,15-16,18,20,29-30H,10H2,1-3H3,(H,27,34)(H,26,31,33)/t12-,15-,16-,18+,22+,39?/m0/s1. The number of aromatic nitrogens is 2. The van der Waals surface area contributed by atoms with Crippen LogP contribution in [0, 0.1) is 0 Å². The van der Waals surface area contributed by atoms with Gasteiger partial charge in [-0.25, -0.2) is 18.1 Å². The molecule has 4 N–H and O–H groups in total. The third kappa shape index (κ3) is 6.92. The molecule has 0 aliphatic carbocycles. The Morgan fingerprint density at radius 2 is 1.90 bits per heavy atom. The molecule has 0 radical (unpaired) electrons. The first-order chi connectivity index (χ1) is 18.2. The summed E-state index contributed by atoms with van der Waals surface area (Å²) in [5.74, 6) is -0.875. The van der Waals surface area contributed by atoms with Crippen molar-refractivity contribution in [3.8, 4) is 5.75 Å². The van der Waals surface area contributed by atoms with E-state index in [0.29, 0.717) is 4.57 Å². The van der Waals surface area contributed by atoms with Crippen LogP contribution >= 0.6 is 19.3 Å². The number of hydrogen-bond acceptors (Lipinski definition) is 10. The molecule has 6 atom stereocenters. The second-order valence-corrected chi connectivity index (χ2v) is 11.0. The van der Waals surface area contributed by atoms with E-state index >= 15 is 0 Å². The van der Waals surface area contributed by atoms with Crippen molar-refractivity contribution in [1.82, 2.24) is 14.6 Å². The van der Waals surface area contributed by atoms with Crippen LogP contribution < -0.4 is 20.9 Å². The fourth-order valence-electron chi connectivity index (χ4n) is 3.56. The van der Waals surface area contributed by atoms with Crippen molar-refractivity contribution in [1.29, 1.82) is 0 Å². The Balaban J connectivity index is 1.92. The average Bonchev–Trinajstić information content (AvgIpc) is 3.11. The highest BCUT2D eigenvalue weighted by molar-refractivity contribution is 7.52. The molecule has 1 fully saturated rings. The van der Waals surface area contributed by atoms with Crippen LogP contribution in [-0.4, -0.2) is 68.7 Å². The lowest BCUT2D eigenvalue weighted by molar-refractivity contribution is -0.192. The number of aromatic amines is 1. The molecule has 0 saturated carbocycles. The molecule has 0 amide bonds. The molecule has 1 aromatic heterocycles. The second-order valence-electron chi connectivity index (χ2n) is 8.85. The van der Waals surface area contributed by atoms with E-state index in [9.17, 15) is 37.9 Å². The number of esters is 1. The number of alkyl halides is 2. The van der Waals surface area contributed by atoms with Gasteiger partial charge in [0.1, 0.15) is 29.0 Å². The molecule has 2 aromatic rings. The molecule has 13 nitrogen and oxygen atoms in total. The third-order valence-electron chi connectivity index (χ3n) is 5.51. The van der Waals surface area contributed by atoms with E-state index in [0.717, 1.165) is 6.20 Å². The molecule has 39 heavy (non-hydrogen) atoms. The Labute approximate surface area is 225 Å². The molecule has 3 rings (SSSR count). The van der Waals surface area contributed by atoms with E-state index < -0.39 is 79.2 Å². The lowest BCUT2D eigenvalue weighted by Gasteiger charge is -2.32. The van der Waals surface area contributed by atoms with E-state index in [1.165, 1.54) is 31.2 Å². The summed E-state index contributed by atoms with van der Waals surface area (Å²) in [5, 5.41) is 22.9. The van der Waals surface area contributed by atoms with Gasteiger partial charge < -0.3 is 24.2 Å². The number of aliphatic hydroxyl groups is 2. The fourth-order valence-corrected chi connectivity index (χ4v) is 5.25. The van der Waals surface area contributed by atoms with Crippen molar-refractivity contribution in [2.75, 3.05) is 6.61 Å². The Morgan fingerprint density at radius 3 is 2.49 bits per heavy atom. The van der Waals surface area contributed by atoms with Crippen molar-refractivity contribution in [3.63, 3.8) is 0 Å². The van der Waals surface area contributed by atoms with Crippen molar-refractivity contribution in [2.24, 2.45) is 0 Å².